The van der Waals surface area contributed by atoms with Crippen LogP contribution in [-0.2, 0) is 10.0 Å². The number of rotatable bonds is 3. The molecule has 3 rings (SSSR count). The van der Waals surface area contributed by atoms with E-state index < -0.39 is 10.0 Å². The zero-order valence-electron chi connectivity index (χ0n) is 11.5. The molecular weight excluding hydrogens is 276 g/mol. The molecule has 2 fully saturated rings. The molecule has 0 aromatic carbocycles. The van der Waals surface area contributed by atoms with Gasteiger partial charge in [-0.2, -0.15) is 4.31 Å². The first-order valence-corrected chi connectivity index (χ1v) is 8.64. The number of likely N-dealkylation sites (tertiary alicyclic amines) is 1. The highest BCUT2D eigenvalue weighted by atomic mass is 32.2. The van der Waals surface area contributed by atoms with E-state index in [0.29, 0.717) is 30.1 Å². The monoisotopic (exact) mass is 298 g/mol. The summed E-state index contributed by atoms with van der Waals surface area (Å²) in [7, 11) is -3.33. The van der Waals surface area contributed by atoms with Crippen molar-refractivity contribution in [2.45, 2.75) is 36.2 Å². The van der Waals surface area contributed by atoms with E-state index in [4.69, 9.17) is 5.73 Å². The van der Waals surface area contributed by atoms with Crippen molar-refractivity contribution in [3.8, 4) is 0 Å². The van der Waals surface area contributed by atoms with E-state index in [1.165, 1.54) is 0 Å². The van der Waals surface area contributed by atoms with Crippen molar-refractivity contribution in [3.05, 3.63) is 18.5 Å². The molecule has 0 aliphatic carbocycles. The molecule has 0 bridgehead atoms. The maximum absolute atomic E-state index is 12.4. The van der Waals surface area contributed by atoms with Gasteiger partial charge in [0.2, 0.25) is 10.0 Å². The van der Waals surface area contributed by atoms with Crippen LogP contribution >= 0.6 is 0 Å². The molecule has 2 aliphatic rings. The molecule has 6 nitrogen and oxygen atoms in total. The van der Waals surface area contributed by atoms with E-state index >= 15 is 0 Å². The lowest BCUT2D eigenvalue weighted by molar-refractivity contribution is 0.159. The molecule has 0 saturated carbocycles. The maximum Gasteiger partial charge on any atom is 0.244 e. The van der Waals surface area contributed by atoms with Gasteiger partial charge in [0.15, 0.2) is 0 Å². The standard InChI is InChI=1S/C13H22N4O2S/c14-11-2-6-16(7-3-11)12-4-8-17(10-12)20(18,19)13-1-5-15-9-13/h1,5,9,11-12,15H,2-4,6-8,10,14H2. The number of hydrogen-bond donors (Lipinski definition) is 2. The number of nitrogens with one attached hydrogen (secondary N) is 1. The van der Waals surface area contributed by atoms with Crippen LogP contribution < -0.4 is 5.73 Å². The maximum atomic E-state index is 12.4. The SMILES string of the molecule is NC1CCN(C2CCN(S(=O)(=O)c3cc[nH]c3)C2)CC1. The van der Waals surface area contributed by atoms with E-state index in [0.717, 1.165) is 32.4 Å². The minimum Gasteiger partial charge on any atom is -0.366 e. The van der Waals surface area contributed by atoms with E-state index in [9.17, 15) is 8.42 Å². The molecular formula is C13H22N4O2S. The first kappa shape index (κ1) is 14.1. The highest BCUT2D eigenvalue weighted by molar-refractivity contribution is 7.89. The summed E-state index contributed by atoms with van der Waals surface area (Å²) < 4.78 is 26.5. The van der Waals surface area contributed by atoms with Gasteiger partial charge in [-0.15, -0.1) is 0 Å². The topological polar surface area (TPSA) is 82.4 Å². The zero-order chi connectivity index (χ0) is 14.2. The average Bonchev–Trinajstić information content (AvgIpc) is 3.12. The molecule has 1 unspecified atom stereocenters. The van der Waals surface area contributed by atoms with Gasteiger partial charge in [-0.3, -0.25) is 4.90 Å². The average molecular weight is 298 g/mol. The third-order valence-corrected chi connectivity index (χ3v) is 6.29. The van der Waals surface area contributed by atoms with Crippen LogP contribution in [0.1, 0.15) is 19.3 Å². The number of aromatic nitrogens is 1. The molecule has 3 N–H and O–H groups in total. The largest absolute Gasteiger partial charge is 0.366 e. The molecule has 112 valence electrons. The molecule has 1 atom stereocenters. The predicted molar refractivity (Wildman–Crippen MR) is 76.7 cm³/mol. The van der Waals surface area contributed by atoms with Crippen LogP contribution in [-0.4, -0.2) is 60.9 Å². The van der Waals surface area contributed by atoms with Gasteiger partial charge in [0.05, 0.1) is 4.90 Å². The molecule has 3 heterocycles. The summed E-state index contributed by atoms with van der Waals surface area (Å²) in [5, 5.41) is 0. The third-order valence-electron chi connectivity index (χ3n) is 4.42. The van der Waals surface area contributed by atoms with E-state index in [-0.39, 0.29) is 0 Å². The molecule has 7 heteroatoms. The molecule has 0 amide bonds. The lowest BCUT2D eigenvalue weighted by Crippen LogP contribution is -2.46. The third kappa shape index (κ3) is 2.63. The Morgan fingerprint density at radius 2 is 1.95 bits per heavy atom. The number of nitrogens with two attached hydrogens (primary N) is 1. The molecule has 1 aromatic heterocycles. The van der Waals surface area contributed by atoms with Gasteiger partial charge >= 0.3 is 0 Å². The fourth-order valence-electron chi connectivity index (χ4n) is 3.13. The van der Waals surface area contributed by atoms with Gasteiger partial charge in [0.1, 0.15) is 0 Å². The lowest BCUT2D eigenvalue weighted by Gasteiger charge is -2.34. The Kier molecular flexibility index (Phi) is 3.85. The summed E-state index contributed by atoms with van der Waals surface area (Å²) in [5.74, 6) is 0. The minimum absolute atomic E-state index is 0.312. The number of sulfonamides is 1. The number of hydrogen-bond acceptors (Lipinski definition) is 4. The second-order valence-corrected chi connectivity index (χ2v) is 7.66. The van der Waals surface area contributed by atoms with Crippen molar-refractivity contribution in [3.63, 3.8) is 0 Å². The summed E-state index contributed by atoms with van der Waals surface area (Å²) in [6, 6.07) is 2.27. The van der Waals surface area contributed by atoms with Crippen molar-refractivity contribution in [1.29, 1.82) is 0 Å². The first-order valence-electron chi connectivity index (χ1n) is 7.20. The van der Waals surface area contributed by atoms with Gasteiger partial charge in [-0.05, 0) is 38.4 Å². The number of piperidine rings is 1. The summed E-state index contributed by atoms with van der Waals surface area (Å²) in [4.78, 5) is 5.57. The molecule has 1 aromatic rings. The van der Waals surface area contributed by atoms with Gasteiger partial charge in [-0.25, -0.2) is 8.42 Å². The molecule has 0 spiro atoms. The van der Waals surface area contributed by atoms with E-state index in [2.05, 4.69) is 9.88 Å². The minimum atomic E-state index is -3.33. The Morgan fingerprint density at radius 1 is 1.20 bits per heavy atom. The summed E-state index contributed by atoms with van der Waals surface area (Å²) in [6.45, 7) is 3.19. The predicted octanol–water partition coefficient (Wildman–Crippen LogP) is 0.201. The second kappa shape index (κ2) is 5.48. The summed E-state index contributed by atoms with van der Waals surface area (Å²) in [6.07, 6.45) is 6.13. The zero-order valence-corrected chi connectivity index (χ0v) is 12.3. The van der Waals surface area contributed by atoms with Crippen LogP contribution in [0.5, 0.6) is 0 Å². The highest BCUT2D eigenvalue weighted by Gasteiger charge is 2.36. The fraction of sp³-hybridized carbons (Fsp3) is 0.692. The molecule has 2 aliphatic heterocycles. The van der Waals surface area contributed by atoms with Crippen molar-refractivity contribution in [2.75, 3.05) is 26.2 Å². The second-order valence-electron chi connectivity index (χ2n) is 5.73. The summed E-state index contributed by atoms with van der Waals surface area (Å²) in [5.41, 5.74) is 5.92. The Bertz CT molecular complexity index is 535. The number of H-pyrrole nitrogens is 1. The first-order chi connectivity index (χ1) is 9.57. The van der Waals surface area contributed by atoms with Crippen LogP contribution in [0.4, 0.5) is 0 Å². The van der Waals surface area contributed by atoms with E-state index in [1.807, 2.05) is 0 Å². The van der Waals surface area contributed by atoms with Crippen molar-refractivity contribution < 1.29 is 8.42 Å². The number of aromatic amines is 1. The van der Waals surface area contributed by atoms with Gasteiger partial charge < -0.3 is 10.7 Å². The Morgan fingerprint density at radius 3 is 2.60 bits per heavy atom. The lowest BCUT2D eigenvalue weighted by atomic mass is 10.0. The van der Waals surface area contributed by atoms with E-state index in [1.54, 1.807) is 22.8 Å². The van der Waals surface area contributed by atoms with Crippen molar-refractivity contribution in [2.24, 2.45) is 5.73 Å². The van der Waals surface area contributed by atoms with Gasteiger partial charge in [0.25, 0.3) is 0 Å². The normalized spacial score (nSPS) is 27.1. The Balaban J connectivity index is 1.65. The molecule has 0 radical (unpaired) electrons. The van der Waals surface area contributed by atoms with Crippen LogP contribution in [0.3, 0.4) is 0 Å². The van der Waals surface area contributed by atoms with Crippen LogP contribution in [0.2, 0.25) is 0 Å². The Labute approximate surface area is 120 Å². The molecule has 20 heavy (non-hydrogen) atoms. The highest BCUT2D eigenvalue weighted by Crippen LogP contribution is 2.25. The van der Waals surface area contributed by atoms with Gasteiger partial charge in [0, 0.05) is 37.6 Å². The van der Waals surface area contributed by atoms with Crippen LogP contribution in [0, 0.1) is 0 Å². The quantitative estimate of drug-likeness (QED) is 0.835. The van der Waals surface area contributed by atoms with Crippen LogP contribution in [0.25, 0.3) is 0 Å². The van der Waals surface area contributed by atoms with Gasteiger partial charge in [-0.1, -0.05) is 0 Å². The molecule has 2 saturated heterocycles. The fourth-order valence-corrected chi connectivity index (χ4v) is 4.60. The Hall–Kier alpha value is -0.890. The van der Waals surface area contributed by atoms with Crippen molar-refractivity contribution in [1.82, 2.24) is 14.2 Å². The number of nitrogens with zero attached hydrogens (tertiary/aromatic N) is 2. The van der Waals surface area contributed by atoms with Crippen LogP contribution in [0.15, 0.2) is 23.4 Å². The smallest absolute Gasteiger partial charge is 0.244 e. The van der Waals surface area contributed by atoms with Crippen molar-refractivity contribution >= 4 is 10.0 Å². The summed E-state index contributed by atoms with van der Waals surface area (Å²) >= 11 is 0.